The Hall–Kier alpha value is -6.32. The van der Waals surface area contributed by atoms with Crippen molar-refractivity contribution in [1.82, 2.24) is 4.98 Å². The minimum atomic E-state index is 0.868. The number of aromatic nitrogens is 1. The third-order valence-electron chi connectivity index (χ3n) is 9.91. The van der Waals surface area contributed by atoms with E-state index in [1.807, 2.05) is 12.1 Å². The summed E-state index contributed by atoms with van der Waals surface area (Å²) < 4.78 is 13.3. The zero-order valence-corrected chi connectivity index (χ0v) is 26.7. The molecule has 0 saturated heterocycles. The van der Waals surface area contributed by atoms with Crippen LogP contribution in [-0.4, -0.2) is 4.98 Å². The van der Waals surface area contributed by atoms with E-state index in [4.69, 9.17) is 8.83 Å². The number of rotatable bonds is 2. The molecule has 0 unspecified atom stereocenters. The first-order valence-corrected chi connectivity index (χ1v) is 16.9. The van der Waals surface area contributed by atoms with Crippen molar-refractivity contribution < 1.29 is 8.83 Å². The van der Waals surface area contributed by atoms with Gasteiger partial charge in [0.2, 0.25) is 0 Å². The number of furan rings is 2. The van der Waals surface area contributed by atoms with Crippen LogP contribution < -0.4 is 0 Å². The number of para-hydroxylation sites is 5. The molecule has 0 atom stereocenters. The average Bonchev–Trinajstić information content (AvgIpc) is 3.87. The molecule has 0 saturated carbocycles. The fourth-order valence-corrected chi connectivity index (χ4v) is 7.67. The molecule has 0 aliphatic heterocycles. The maximum absolute atomic E-state index is 6.88. The summed E-state index contributed by atoms with van der Waals surface area (Å²) in [7, 11) is 0. The normalized spacial score (nSPS) is 13.0. The van der Waals surface area contributed by atoms with Crippen LogP contribution in [0, 0.1) is 0 Å². The molecule has 3 aromatic heterocycles. The van der Waals surface area contributed by atoms with Gasteiger partial charge >= 0.3 is 0 Å². The van der Waals surface area contributed by atoms with E-state index in [1.165, 1.54) is 34.4 Å². The first-order chi connectivity index (χ1) is 24.3. The lowest BCUT2D eigenvalue weighted by atomic mass is 9.97. The van der Waals surface area contributed by atoms with Gasteiger partial charge in [-0.2, -0.15) is 0 Å². The predicted molar refractivity (Wildman–Crippen MR) is 206 cm³/mol. The lowest BCUT2D eigenvalue weighted by Crippen LogP contribution is -1.81. The van der Waals surface area contributed by atoms with Crippen molar-refractivity contribution in [1.29, 1.82) is 0 Å². The maximum atomic E-state index is 6.88. The summed E-state index contributed by atoms with van der Waals surface area (Å²) >= 11 is 0. The number of hydrogen-bond donors (Lipinski definition) is 1. The van der Waals surface area contributed by atoms with Gasteiger partial charge in [0.25, 0.3) is 0 Å². The molecule has 7 aromatic carbocycles. The van der Waals surface area contributed by atoms with Crippen LogP contribution in [0.4, 0.5) is 0 Å². The Morgan fingerprint density at radius 1 is 0.408 bits per heavy atom. The highest BCUT2D eigenvalue weighted by atomic mass is 16.3. The second-order valence-corrected chi connectivity index (χ2v) is 12.7. The van der Waals surface area contributed by atoms with Gasteiger partial charge in [0, 0.05) is 60.1 Å². The molecular weight excluding hydrogens is 599 g/mol. The van der Waals surface area contributed by atoms with Gasteiger partial charge in [-0.05, 0) is 35.7 Å². The molecule has 11 rings (SSSR count). The Kier molecular flexibility index (Phi) is 6.31. The third kappa shape index (κ3) is 4.36. The maximum Gasteiger partial charge on any atom is 0.143 e. The van der Waals surface area contributed by atoms with Gasteiger partial charge in [0.05, 0.1) is 5.52 Å². The molecule has 0 spiro atoms. The minimum Gasteiger partial charge on any atom is -0.455 e. The Morgan fingerprint density at radius 2 is 0.939 bits per heavy atom. The van der Waals surface area contributed by atoms with Gasteiger partial charge < -0.3 is 13.8 Å². The molecule has 1 aliphatic carbocycles. The molecule has 3 heterocycles. The smallest absolute Gasteiger partial charge is 0.143 e. The number of aromatic amines is 1. The van der Waals surface area contributed by atoms with Crippen LogP contribution in [0.5, 0.6) is 0 Å². The molecule has 0 radical (unpaired) electrons. The van der Waals surface area contributed by atoms with Crippen LogP contribution >= 0.6 is 0 Å². The molecule has 1 aliphatic rings. The van der Waals surface area contributed by atoms with Crippen LogP contribution in [-0.2, 0) is 0 Å². The van der Waals surface area contributed by atoms with Crippen LogP contribution in [0.15, 0.2) is 167 Å². The molecule has 3 heteroatoms. The molecular formula is C46H31NO2. The molecule has 10 aromatic rings. The van der Waals surface area contributed by atoms with Crippen molar-refractivity contribution in [3.8, 4) is 22.3 Å². The van der Waals surface area contributed by atoms with E-state index in [9.17, 15) is 0 Å². The zero-order valence-electron chi connectivity index (χ0n) is 26.7. The summed E-state index contributed by atoms with van der Waals surface area (Å²) in [5.74, 6) is 0. The highest BCUT2D eigenvalue weighted by Crippen LogP contribution is 2.44. The van der Waals surface area contributed by atoms with E-state index in [0.717, 1.165) is 77.2 Å². The number of hydrogen-bond acceptors (Lipinski definition) is 2. The van der Waals surface area contributed by atoms with Crippen LogP contribution in [0.25, 0.3) is 98.7 Å². The summed E-state index contributed by atoms with van der Waals surface area (Å²) in [5.41, 5.74) is 10.0. The van der Waals surface area contributed by atoms with Gasteiger partial charge in [0.15, 0.2) is 0 Å². The molecule has 232 valence electrons. The minimum absolute atomic E-state index is 0.868. The van der Waals surface area contributed by atoms with Gasteiger partial charge in [0.1, 0.15) is 22.3 Å². The van der Waals surface area contributed by atoms with Crippen molar-refractivity contribution in [2.75, 3.05) is 0 Å². The standard InChI is InChI=1S/C40H23NO2.C6H8/c1-2-10-24-23(9-1)21-22-34-36(24)33-19-5-12-26(37(33)41-34)28-14-7-16-31-32-18-8-17-30(40(32)43-39(28)31)29-15-6-13-27-25-11-3-4-20-35(25)42-38(27)29;1-2-4-6-5-3-1/h1-22,41H;1-4H,5-6H2. The quantitative estimate of drug-likeness (QED) is 0.207. The Labute approximate surface area is 282 Å². The summed E-state index contributed by atoms with van der Waals surface area (Å²) in [6.07, 6.45) is 11.0. The number of fused-ring (bicyclic) bond motifs is 11. The fraction of sp³-hybridized carbons (Fsp3) is 0.0435. The number of H-pyrrole nitrogens is 1. The molecule has 0 bridgehead atoms. The molecule has 0 fully saturated rings. The van der Waals surface area contributed by atoms with Gasteiger partial charge in [-0.1, -0.05) is 146 Å². The average molecular weight is 630 g/mol. The number of benzene rings is 7. The molecule has 49 heavy (non-hydrogen) atoms. The van der Waals surface area contributed by atoms with Crippen LogP contribution in [0.1, 0.15) is 12.8 Å². The SMILES string of the molecule is C1=CCCC=C1.c1ccc2c(c1)ccc1[nH]c3c(-c4cccc5c4oc4c(-c6cccc7c6oc6ccccc67)cccc45)cccc3c12. The van der Waals surface area contributed by atoms with Crippen molar-refractivity contribution in [3.63, 3.8) is 0 Å². The molecule has 1 N–H and O–H groups in total. The third-order valence-corrected chi connectivity index (χ3v) is 9.91. The topological polar surface area (TPSA) is 42.1 Å². The largest absolute Gasteiger partial charge is 0.455 e. The van der Waals surface area contributed by atoms with Gasteiger partial charge in [-0.25, -0.2) is 0 Å². The van der Waals surface area contributed by atoms with Crippen molar-refractivity contribution in [2.45, 2.75) is 12.8 Å². The van der Waals surface area contributed by atoms with E-state index in [0.29, 0.717) is 0 Å². The van der Waals surface area contributed by atoms with E-state index in [1.54, 1.807) is 0 Å². The highest BCUT2D eigenvalue weighted by molar-refractivity contribution is 6.23. The first-order valence-electron chi connectivity index (χ1n) is 16.9. The van der Waals surface area contributed by atoms with E-state index in [2.05, 4.69) is 151 Å². The summed E-state index contributed by atoms with van der Waals surface area (Å²) in [6.45, 7) is 0. The number of nitrogens with one attached hydrogen (secondary N) is 1. The highest BCUT2D eigenvalue weighted by Gasteiger charge is 2.20. The van der Waals surface area contributed by atoms with Crippen molar-refractivity contribution in [3.05, 3.63) is 158 Å². The lowest BCUT2D eigenvalue weighted by molar-refractivity contribution is 0.665. The van der Waals surface area contributed by atoms with Crippen molar-refractivity contribution in [2.24, 2.45) is 0 Å². The predicted octanol–water partition coefficient (Wildman–Crippen LogP) is 13.5. The monoisotopic (exact) mass is 629 g/mol. The van der Waals surface area contributed by atoms with Crippen LogP contribution in [0.3, 0.4) is 0 Å². The van der Waals surface area contributed by atoms with Crippen molar-refractivity contribution >= 4 is 76.5 Å². The van der Waals surface area contributed by atoms with Gasteiger partial charge in [-0.3, -0.25) is 0 Å². The van der Waals surface area contributed by atoms with Gasteiger partial charge in [-0.15, -0.1) is 0 Å². The van der Waals surface area contributed by atoms with E-state index >= 15 is 0 Å². The Morgan fingerprint density at radius 3 is 1.61 bits per heavy atom. The lowest BCUT2D eigenvalue weighted by Gasteiger charge is -2.05. The second kappa shape index (κ2) is 11.1. The fourth-order valence-electron chi connectivity index (χ4n) is 7.67. The second-order valence-electron chi connectivity index (χ2n) is 12.7. The summed E-state index contributed by atoms with van der Waals surface area (Å²) in [6, 6.07) is 47.0. The Bertz CT molecular complexity index is 2930. The first kappa shape index (κ1) is 27.8. The number of allylic oxidation sites excluding steroid dienone is 4. The van der Waals surface area contributed by atoms with Crippen LogP contribution in [0.2, 0.25) is 0 Å². The summed E-state index contributed by atoms with van der Waals surface area (Å²) in [4.78, 5) is 3.75. The Balaban J connectivity index is 0.000000464. The summed E-state index contributed by atoms with van der Waals surface area (Å²) in [5, 5.41) is 9.41. The molecule has 3 nitrogen and oxygen atoms in total. The molecule has 0 amide bonds. The van der Waals surface area contributed by atoms with E-state index in [-0.39, 0.29) is 0 Å². The zero-order chi connectivity index (χ0) is 32.3. The van der Waals surface area contributed by atoms with E-state index < -0.39 is 0 Å².